The zero-order chi connectivity index (χ0) is 17.4. The van der Waals surface area contributed by atoms with E-state index in [9.17, 15) is 9.59 Å². The maximum atomic E-state index is 12.4. The number of hydrogen-bond donors (Lipinski definition) is 1. The lowest BCUT2D eigenvalue weighted by Crippen LogP contribution is -2.45. The van der Waals surface area contributed by atoms with Crippen molar-refractivity contribution < 1.29 is 13.9 Å². The van der Waals surface area contributed by atoms with Crippen LogP contribution in [0.4, 0.5) is 0 Å². The molecule has 7 heteroatoms. The van der Waals surface area contributed by atoms with Crippen molar-refractivity contribution in [3.8, 4) is 0 Å². The molecule has 3 aromatic rings. The summed E-state index contributed by atoms with van der Waals surface area (Å²) in [6.45, 7) is 1.16. The number of carbonyl (C=O) groups excluding carboxylic acids is 1. The highest BCUT2D eigenvalue weighted by atomic mass is 16.5. The van der Waals surface area contributed by atoms with E-state index in [1.54, 1.807) is 0 Å². The van der Waals surface area contributed by atoms with Gasteiger partial charge in [-0.1, -0.05) is 18.6 Å². The minimum atomic E-state index is -0.303. The van der Waals surface area contributed by atoms with Crippen LogP contribution in [0, 0.1) is 0 Å². The van der Waals surface area contributed by atoms with Crippen molar-refractivity contribution >= 4 is 28.0 Å². The second-order valence-electron chi connectivity index (χ2n) is 6.29. The SMILES string of the molecule is COC(=O)C1CCCCN1Cc1nc2c(oc3ccccc32)c(=O)[nH]1. The minimum Gasteiger partial charge on any atom is -0.468 e. The van der Waals surface area contributed by atoms with Crippen LogP contribution < -0.4 is 5.56 Å². The first-order chi connectivity index (χ1) is 12.2. The Bertz CT molecular complexity index is 991. The van der Waals surface area contributed by atoms with Crippen molar-refractivity contribution in [3.63, 3.8) is 0 Å². The minimum absolute atomic E-state index is 0.230. The fraction of sp³-hybridized carbons (Fsp3) is 0.389. The predicted molar refractivity (Wildman–Crippen MR) is 92.2 cm³/mol. The van der Waals surface area contributed by atoms with E-state index in [-0.39, 0.29) is 23.2 Å². The van der Waals surface area contributed by atoms with E-state index >= 15 is 0 Å². The molecular weight excluding hydrogens is 322 g/mol. The van der Waals surface area contributed by atoms with E-state index < -0.39 is 0 Å². The zero-order valence-corrected chi connectivity index (χ0v) is 13.9. The first-order valence-electron chi connectivity index (χ1n) is 8.39. The zero-order valence-electron chi connectivity index (χ0n) is 13.9. The molecule has 1 unspecified atom stereocenters. The number of esters is 1. The summed E-state index contributed by atoms with van der Waals surface area (Å²) in [6, 6.07) is 7.15. The molecule has 1 N–H and O–H groups in total. The van der Waals surface area contributed by atoms with Crippen molar-refractivity contribution in [1.82, 2.24) is 14.9 Å². The lowest BCUT2D eigenvalue weighted by molar-refractivity contribution is -0.148. The highest BCUT2D eigenvalue weighted by Crippen LogP contribution is 2.25. The average Bonchev–Trinajstić information content (AvgIpc) is 3.01. The normalized spacial score (nSPS) is 18.7. The molecule has 0 aliphatic carbocycles. The fourth-order valence-corrected chi connectivity index (χ4v) is 3.50. The van der Waals surface area contributed by atoms with Gasteiger partial charge in [0, 0.05) is 5.39 Å². The van der Waals surface area contributed by atoms with Crippen LogP contribution in [0.2, 0.25) is 0 Å². The number of fused-ring (bicyclic) bond motifs is 3. The molecule has 0 radical (unpaired) electrons. The highest BCUT2D eigenvalue weighted by Gasteiger charge is 2.30. The number of aromatic amines is 1. The van der Waals surface area contributed by atoms with E-state index in [1.807, 2.05) is 29.2 Å². The lowest BCUT2D eigenvalue weighted by atomic mass is 10.0. The monoisotopic (exact) mass is 341 g/mol. The number of benzene rings is 1. The molecule has 1 aliphatic heterocycles. The molecule has 25 heavy (non-hydrogen) atoms. The number of hydrogen-bond acceptors (Lipinski definition) is 6. The maximum absolute atomic E-state index is 12.4. The van der Waals surface area contributed by atoms with E-state index in [2.05, 4.69) is 9.97 Å². The molecule has 0 bridgehead atoms. The number of carbonyl (C=O) groups is 1. The van der Waals surface area contributed by atoms with Gasteiger partial charge in [0.1, 0.15) is 23.0 Å². The topological polar surface area (TPSA) is 88.4 Å². The van der Waals surface area contributed by atoms with Crippen LogP contribution in [0.1, 0.15) is 25.1 Å². The van der Waals surface area contributed by atoms with E-state index in [4.69, 9.17) is 9.15 Å². The van der Waals surface area contributed by atoms with Gasteiger partial charge in [0.2, 0.25) is 5.58 Å². The molecule has 7 nitrogen and oxygen atoms in total. The van der Waals surface area contributed by atoms with Gasteiger partial charge in [0.15, 0.2) is 0 Å². The third-order valence-electron chi connectivity index (χ3n) is 4.72. The van der Waals surface area contributed by atoms with Gasteiger partial charge in [-0.2, -0.15) is 0 Å². The molecule has 1 aliphatic rings. The smallest absolute Gasteiger partial charge is 0.323 e. The lowest BCUT2D eigenvalue weighted by Gasteiger charge is -2.33. The van der Waals surface area contributed by atoms with E-state index in [1.165, 1.54) is 7.11 Å². The Labute approximate surface area is 143 Å². The van der Waals surface area contributed by atoms with Crippen LogP contribution in [0.5, 0.6) is 0 Å². The molecule has 130 valence electrons. The van der Waals surface area contributed by atoms with Crippen molar-refractivity contribution in [2.24, 2.45) is 0 Å². The summed E-state index contributed by atoms with van der Waals surface area (Å²) in [7, 11) is 1.40. The van der Waals surface area contributed by atoms with Crippen molar-refractivity contribution in [2.75, 3.05) is 13.7 Å². The van der Waals surface area contributed by atoms with Crippen LogP contribution >= 0.6 is 0 Å². The molecule has 1 atom stereocenters. The number of nitrogens with one attached hydrogen (secondary N) is 1. The van der Waals surface area contributed by atoms with Crippen molar-refractivity contribution in [1.29, 1.82) is 0 Å². The predicted octanol–water partition coefficient (Wildman–Crippen LogP) is 2.20. The molecule has 1 fully saturated rings. The second kappa shape index (κ2) is 6.33. The van der Waals surface area contributed by atoms with Gasteiger partial charge in [-0.15, -0.1) is 0 Å². The first-order valence-corrected chi connectivity index (χ1v) is 8.39. The number of likely N-dealkylation sites (tertiary alicyclic amines) is 1. The standard InChI is InChI=1S/C18H19N3O4/c1-24-18(23)12-7-4-5-9-21(12)10-14-19-15-11-6-2-3-8-13(11)25-16(15)17(22)20-14/h2-3,6,8,12H,4-5,7,9-10H2,1H3,(H,19,20,22). The van der Waals surface area contributed by atoms with Gasteiger partial charge in [-0.25, -0.2) is 4.98 Å². The number of nitrogens with zero attached hydrogens (tertiary/aromatic N) is 2. The Morgan fingerprint density at radius 3 is 3.08 bits per heavy atom. The van der Waals surface area contributed by atoms with E-state index in [0.717, 1.165) is 31.2 Å². The number of ether oxygens (including phenoxy) is 1. The summed E-state index contributed by atoms with van der Waals surface area (Å²) < 4.78 is 10.5. The number of rotatable bonds is 3. The van der Waals surface area contributed by atoms with Crippen LogP contribution in [0.3, 0.4) is 0 Å². The van der Waals surface area contributed by atoms with Crippen LogP contribution in [-0.2, 0) is 16.1 Å². The van der Waals surface area contributed by atoms with Crippen LogP contribution in [0.15, 0.2) is 33.5 Å². The Morgan fingerprint density at radius 1 is 1.40 bits per heavy atom. The third kappa shape index (κ3) is 2.80. The number of para-hydroxylation sites is 1. The van der Waals surface area contributed by atoms with Gasteiger partial charge < -0.3 is 14.1 Å². The Kier molecular flexibility index (Phi) is 4.01. The number of methoxy groups -OCH3 is 1. The van der Waals surface area contributed by atoms with Gasteiger partial charge in [-0.3, -0.25) is 14.5 Å². The fourth-order valence-electron chi connectivity index (χ4n) is 3.50. The Morgan fingerprint density at radius 2 is 2.24 bits per heavy atom. The van der Waals surface area contributed by atoms with Crippen molar-refractivity contribution in [3.05, 3.63) is 40.4 Å². The molecular formula is C18H19N3O4. The second-order valence-corrected chi connectivity index (χ2v) is 6.29. The van der Waals surface area contributed by atoms with Crippen LogP contribution in [-0.4, -0.2) is 40.5 Å². The van der Waals surface area contributed by atoms with Gasteiger partial charge >= 0.3 is 5.97 Å². The number of piperidine rings is 1. The van der Waals surface area contributed by atoms with Gasteiger partial charge in [0.05, 0.1) is 13.7 Å². The molecule has 0 amide bonds. The molecule has 3 heterocycles. The molecule has 0 saturated carbocycles. The molecule has 4 rings (SSSR count). The number of furan rings is 1. The highest BCUT2D eigenvalue weighted by molar-refractivity contribution is 6.01. The quantitative estimate of drug-likeness (QED) is 0.735. The third-order valence-corrected chi connectivity index (χ3v) is 4.72. The maximum Gasteiger partial charge on any atom is 0.323 e. The number of H-pyrrole nitrogens is 1. The van der Waals surface area contributed by atoms with Gasteiger partial charge in [0.25, 0.3) is 5.56 Å². The Hall–Kier alpha value is -2.67. The summed E-state index contributed by atoms with van der Waals surface area (Å²) >= 11 is 0. The van der Waals surface area contributed by atoms with E-state index in [0.29, 0.717) is 23.5 Å². The average molecular weight is 341 g/mol. The van der Waals surface area contributed by atoms with Gasteiger partial charge in [-0.05, 0) is 31.5 Å². The summed E-state index contributed by atoms with van der Waals surface area (Å²) in [5, 5.41) is 0.813. The first kappa shape index (κ1) is 15.8. The molecule has 2 aromatic heterocycles. The summed E-state index contributed by atoms with van der Waals surface area (Å²) in [5.74, 6) is 0.289. The molecule has 1 aromatic carbocycles. The summed E-state index contributed by atoms with van der Waals surface area (Å²) in [4.78, 5) is 33.8. The Balaban J connectivity index is 1.72. The van der Waals surface area contributed by atoms with Crippen LogP contribution in [0.25, 0.3) is 22.1 Å². The summed E-state index contributed by atoms with van der Waals surface area (Å²) in [6.07, 6.45) is 2.76. The largest absolute Gasteiger partial charge is 0.468 e. The number of aromatic nitrogens is 2. The molecule has 0 spiro atoms. The summed E-state index contributed by atoms with van der Waals surface area (Å²) in [5.41, 5.74) is 1.12. The van der Waals surface area contributed by atoms with Crippen molar-refractivity contribution in [2.45, 2.75) is 31.8 Å². The molecule has 1 saturated heterocycles.